The number of aryl methyl sites for hydroxylation is 2. The molecule has 16 nitrogen and oxygen atoms in total. The molecule has 276 valence electrons. The lowest BCUT2D eigenvalue weighted by atomic mass is 10.00. The van der Waals surface area contributed by atoms with Crippen LogP contribution in [0.15, 0.2) is 39.6 Å². The fourth-order valence-electron chi connectivity index (χ4n) is 5.84. The van der Waals surface area contributed by atoms with E-state index in [0.29, 0.717) is 53.8 Å². The van der Waals surface area contributed by atoms with E-state index in [1.54, 1.807) is 13.0 Å². The van der Waals surface area contributed by atoms with E-state index in [-0.39, 0.29) is 45.3 Å². The van der Waals surface area contributed by atoms with E-state index in [0.717, 1.165) is 12.5 Å². The normalized spacial score (nSPS) is 14.5. The maximum atomic E-state index is 12.9. The topological polar surface area (TPSA) is 254 Å². The summed E-state index contributed by atoms with van der Waals surface area (Å²) >= 11 is 0. The van der Waals surface area contributed by atoms with Crippen LogP contribution < -0.4 is 19.6 Å². The van der Waals surface area contributed by atoms with E-state index >= 15 is 0 Å². The number of hydrogen-bond acceptors (Lipinski definition) is 14. The monoisotopic (exact) mass is 732 g/mol. The minimum Gasteiger partial charge on any atom is -0.507 e. The first-order valence-corrected chi connectivity index (χ1v) is 15.9. The second kappa shape index (κ2) is 14.8. The number of aliphatic carboxylic acids is 1. The number of rotatable bonds is 6. The summed E-state index contributed by atoms with van der Waals surface area (Å²) in [6.45, 7) is 6.27. The summed E-state index contributed by atoms with van der Waals surface area (Å²) in [4.78, 5) is 70.6. The van der Waals surface area contributed by atoms with Crippen LogP contribution >= 0.6 is 0 Å². The van der Waals surface area contributed by atoms with Crippen LogP contribution in [0, 0.1) is 26.7 Å². The molecule has 2 aliphatic rings. The summed E-state index contributed by atoms with van der Waals surface area (Å²) in [6.07, 6.45) is 2.95. The molecule has 0 saturated carbocycles. The molecule has 1 unspecified atom stereocenters. The molecule has 5 N–H and O–H groups in total. The van der Waals surface area contributed by atoms with Crippen molar-refractivity contribution in [1.82, 2.24) is 0 Å². The van der Waals surface area contributed by atoms with Gasteiger partial charge in [-0.1, -0.05) is 6.92 Å². The molecule has 0 amide bonds. The van der Waals surface area contributed by atoms with Crippen molar-refractivity contribution in [1.29, 1.82) is 0 Å². The predicted molar refractivity (Wildman–Crippen MR) is 182 cm³/mol. The van der Waals surface area contributed by atoms with Gasteiger partial charge in [0.15, 0.2) is 29.0 Å². The van der Waals surface area contributed by atoms with Gasteiger partial charge in [0.1, 0.15) is 57.5 Å². The fourth-order valence-corrected chi connectivity index (χ4v) is 5.84. The molecule has 0 bridgehead atoms. The van der Waals surface area contributed by atoms with Crippen LogP contribution in [0.25, 0.3) is 11.0 Å². The Labute approximate surface area is 299 Å². The Balaban J connectivity index is 0.000000239. The highest BCUT2D eigenvalue weighted by Gasteiger charge is 2.36. The van der Waals surface area contributed by atoms with Gasteiger partial charge in [-0.3, -0.25) is 9.59 Å². The molecule has 0 aliphatic carbocycles. The molecule has 1 atom stereocenters. The first-order chi connectivity index (χ1) is 25.0. The zero-order chi connectivity index (χ0) is 38.9. The number of esters is 2. The van der Waals surface area contributed by atoms with E-state index in [4.69, 9.17) is 28.5 Å². The van der Waals surface area contributed by atoms with E-state index in [2.05, 4.69) is 6.92 Å². The number of aromatic carboxylic acids is 1. The molecule has 6 rings (SSSR count). The molecule has 0 spiro atoms. The van der Waals surface area contributed by atoms with Crippen molar-refractivity contribution in [3.8, 4) is 40.2 Å². The largest absolute Gasteiger partial charge is 0.507 e. The molecular weight excluding hydrogens is 700 g/mol. The van der Waals surface area contributed by atoms with Crippen LogP contribution in [0.5, 0.6) is 40.2 Å². The molecule has 3 heterocycles. The fraction of sp³-hybridized carbons (Fsp3) is 0.243. The number of phenolic OH excluding ortho intramolecular Hbond substituents is 2. The van der Waals surface area contributed by atoms with Gasteiger partial charge in [-0.05, 0) is 51.2 Å². The second-order valence-electron chi connectivity index (χ2n) is 12.3. The average Bonchev–Trinajstić information content (AvgIpc) is 3.35. The lowest BCUT2D eigenvalue weighted by Crippen LogP contribution is -2.13. The molecule has 3 aromatic carbocycles. The Morgan fingerprint density at radius 1 is 0.943 bits per heavy atom. The first-order valence-electron chi connectivity index (χ1n) is 15.9. The highest BCUT2D eigenvalue weighted by molar-refractivity contribution is 6.03. The Hall–Kier alpha value is -6.84. The van der Waals surface area contributed by atoms with Gasteiger partial charge in [-0.25, -0.2) is 19.2 Å². The smallest absolute Gasteiger partial charge is 0.347 e. The van der Waals surface area contributed by atoms with Gasteiger partial charge in [-0.15, -0.1) is 0 Å². The summed E-state index contributed by atoms with van der Waals surface area (Å²) in [5.74, 6) is -6.32. The van der Waals surface area contributed by atoms with Gasteiger partial charge in [0.05, 0.1) is 17.7 Å². The minimum atomic E-state index is -1.60. The third-order valence-corrected chi connectivity index (χ3v) is 8.46. The highest BCUT2D eigenvalue weighted by atomic mass is 16.6. The van der Waals surface area contributed by atoms with E-state index < -0.39 is 70.2 Å². The van der Waals surface area contributed by atoms with Crippen molar-refractivity contribution < 1.29 is 72.9 Å². The van der Waals surface area contributed by atoms with E-state index in [1.165, 1.54) is 19.9 Å². The summed E-state index contributed by atoms with van der Waals surface area (Å²) in [5.41, 5.74) is -0.913. The number of aromatic hydroxyl groups is 3. The molecule has 16 heteroatoms. The number of carboxylic acid groups (broad SMARTS) is 2. The van der Waals surface area contributed by atoms with Gasteiger partial charge in [-0.2, -0.15) is 0 Å². The van der Waals surface area contributed by atoms with Crippen molar-refractivity contribution in [3.05, 3.63) is 85.3 Å². The Morgan fingerprint density at radius 2 is 1.66 bits per heavy atom. The number of fused-ring (bicyclic) bond motifs is 4. The first kappa shape index (κ1) is 37.4. The Morgan fingerprint density at radius 3 is 2.32 bits per heavy atom. The van der Waals surface area contributed by atoms with Gasteiger partial charge in [0, 0.05) is 35.4 Å². The molecule has 1 aromatic heterocycles. The standard InChI is InChI=1S/C22H16O12.C15H16O4/c1-8-5-12(24)10(6-23)19-15(8)22(31)34-20-11(7-32-14(27)4-3-13(25)26)17(28)16(21(29)30)9(2)18(20)33-19;1-8-3-4-10-12(18-7-8)6-13-14(15(10)17)11(16)5-9(2)19-13/h3-6,24,28H,7H2,1-2H3,(H,25,26)(H,29,30);5-6,8,17H,3-4,7H2,1-2H3. The highest BCUT2D eigenvalue weighted by Crippen LogP contribution is 2.50. The van der Waals surface area contributed by atoms with Gasteiger partial charge in [0.25, 0.3) is 0 Å². The molecule has 53 heavy (non-hydrogen) atoms. The average molecular weight is 733 g/mol. The number of carbonyl (C=O) groups excluding carboxylic acids is 3. The summed E-state index contributed by atoms with van der Waals surface area (Å²) in [5, 5.41) is 49.5. The Bertz CT molecular complexity index is 2310. The number of phenols is 3. The summed E-state index contributed by atoms with van der Waals surface area (Å²) in [6, 6.07) is 4.25. The summed E-state index contributed by atoms with van der Waals surface area (Å²) in [7, 11) is 0. The van der Waals surface area contributed by atoms with Crippen molar-refractivity contribution >= 4 is 41.1 Å². The number of aldehydes is 1. The van der Waals surface area contributed by atoms with Gasteiger partial charge in [0.2, 0.25) is 0 Å². The maximum absolute atomic E-state index is 12.9. The number of carboxylic acids is 2. The van der Waals surface area contributed by atoms with Crippen molar-refractivity contribution in [2.75, 3.05) is 6.61 Å². The van der Waals surface area contributed by atoms with Crippen molar-refractivity contribution in [3.63, 3.8) is 0 Å². The van der Waals surface area contributed by atoms with Crippen LogP contribution in [0.3, 0.4) is 0 Å². The van der Waals surface area contributed by atoms with Crippen molar-refractivity contribution in [2.45, 2.75) is 47.1 Å². The number of ether oxygens (including phenoxy) is 4. The molecule has 0 radical (unpaired) electrons. The zero-order valence-corrected chi connectivity index (χ0v) is 28.6. The number of carbonyl (C=O) groups is 5. The van der Waals surface area contributed by atoms with E-state index in [9.17, 15) is 49.2 Å². The van der Waals surface area contributed by atoms with Crippen LogP contribution in [-0.2, 0) is 27.4 Å². The number of hydrogen-bond donors (Lipinski definition) is 5. The third-order valence-electron chi connectivity index (χ3n) is 8.46. The lowest BCUT2D eigenvalue weighted by molar-refractivity contribution is -0.139. The maximum Gasteiger partial charge on any atom is 0.347 e. The SMILES string of the molecule is Cc1cc(=O)c2c(O)c3c(cc2o1)OCC(C)CC3.Cc1cc(O)c(C=O)c2c1C(=O)Oc1c(COC(=O)C=CC(=O)O)c(O)c(C(=O)O)c(C)c1O2. The Kier molecular flexibility index (Phi) is 10.4. The molecule has 4 aromatic rings. The number of benzene rings is 3. The van der Waals surface area contributed by atoms with Crippen LogP contribution in [0.4, 0.5) is 0 Å². The van der Waals surface area contributed by atoms with Gasteiger partial charge < -0.3 is 48.9 Å². The quantitative estimate of drug-likeness (QED) is 0.0756. The van der Waals surface area contributed by atoms with E-state index in [1.807, 2.05) is 0 Å². The summed E-state index contributed by atoms with van der Waals surface area (Å²) < 4.78 is 27.1. The minimum absolute atomic E-state index is 0.00958. The molecule has 0 fully saturated rings. The third kappa shape index (κ3) is 7.33. The van der Waals surface area contributed by atoms with Crippen LogP contribution in [0.2, 0.25) is 0 Å². The second-order valence-corrected chi connectivity index (χ2v) is 12.3. The van der Waals surface area contributed by atoms with Crippen LogP contribution in [-0.4, -0.2) is 62.3 Å². The van der Waals surface area contributed by atoms with Crippen LogP contribution in [0.1, 0.15) is 72.4 Å². The predicted octanol–water partition coefficient (Wildman–Crippen LogP) is 5.00. The molecular formula is C37H32O16. The van der Waals surface area contributed by atoms with Gasteiger partial charge >= 0.3 is 23.9 Å². The molecule has 2 aliphatic heterocycles. The molecule has 0 saturated heterocycles. The lowest BCUT2D eigenvalue weighted by Gasteiger charge is -2.18. The zero-order valence-electron chi connectivity index (χ0n) is 28.6. The van der Waals surface area contributed by atoms with Crippen molar-refractivity contribution in [2.24, 2.45) is 5.92 Å².